The minimum atomic E-state index is -0.325. The number of thioether (sulfide) groups is 1. The molecule has 6 nitrogen and oxygen atoms in total. The Kier molecular flexibility index (Phi) is 7.04. The van der Waals surface area contributed by atoms with Gasteiger partial charge in [0.15, 0.2) is 0 Å². The van der Waals surface area contributed by atoms with Gasteiger partial charge < -0.3 is 5.32 Å². The van der Waals surface area contributed by atoms with Crippen molar-refractivity contribution in [1.29, 1.82) is 0 Å². The van der Waals surface area contributed by atoms with Gasteiger partial charge in [0, 0.05) is 0 Å². The number of aryl methyl sites for hydroxylation is 2. The van der Waals surface area contributed by atoms with Gasteiger partial charge >= 0.3 is 0 Å². The second-order valence-electron chi connectivity index (χ2n) is 7.18. The lowest BCUT2D eigenvalue weighted by atomic mass is 10.0. The smallest absolute Gasteiger partial charge is 0.233 e. The summed E-state index contributed by atoms with van der Waals surface area (Å²) in [5.41, 5.74) is 4.32. The average molecular weight is 410 g/mol. The second kappa shape index (κ2) is 9.69. The average Bonchev–Trinajstić information content (AvgIpc) is 3.16. The van der Waals surface area contributed by atoms with Gasteiger partial charge in [0.25, 0.3) is 0 Å². The van der Waals surface area contributed by atoms with Gasteiger partial charge in [-0.15, -0.1) is 5.10 Å². The van der Waals surface area contributed by atoms with Gasteiger partial charge in [0.2, 0.25) is 11.1 Å². The number of hydrogen-bond acceptors (Lipinski definition) is 5. The van der Waals surface area contributed by atoms with E-state index in [1.807, 2.05) is 44.2 Å². The van der Waals surface area contributed by atoms with Crippen LogP contribution in [0.1, 0.15) is 49.4 Å². The van der Waals surface area contributed by atoms with Gasteiger partial charge in [-0.2, -0.15) is 4.68 Å². The van der Waals surface area contributed by atoms with Crippen molar-refractivity contribution in [2.45, 2.75) is 57.0 Å². The first kappa shape index (κ1) is 21.0. The lowest BCUT2D eigenvalue weighted by molar-refractivity contribution is -0.121. The van der Waals surface area contributed by atoms with Crippen LogP contribution in [0.3, 0.4) is 0 Å². The van der Waals surface area contributed by atoms with E-state index < -0.39 is 0 Å². The summed E-state index contributed by atoms with van der Waals surface area (Å²) < 4.78 is 1.70. The first-order valence-electron chi connectivity index (χ1n) is 9.87. The molecule has 0 radical (unpaired) electrons. The molecule has 29 heavy (non-hydrogen) atoms. The molecule has 0 spiro atoms. The summed E-state index contributed by atoms with van der Waals surface area (Å²) in [7, 11) is 0. The molecule has 2 unspecified atom stereocenters. The van der Waals surface area contributed by atoms with Gasteiger partial charge in [-0.25, -0.2) is 0 Å². The van der Waals surface area contributed by atoms with Crippen molar-refractivity contribution in [1.82, 2.24) is 25.5 Å². The zero-order valence-electron chi connectivity index (χ0n) is 17.3. The maximum atomic E-state index is 12.9. The van der Waals surface area contributed by atoms with E-state index in [1.54, 1.807) is 4.68 Å². The van der Waals surface area contributed by atoms with Crippen molar-refractivity contribution in [3.8, 4) is 5.69 Å². The van der Waals surface area contributed by atoms with Crippen LogP contribution in [-0.2, 0) is 4.79 Å². The number of nitrogens with zero attached hydrogens (tertiary/aromatic N) is 4. The molecule has 2 aromatic carbocycles. The number of amides is 1. The molecular weight excluding hydrogens is 382 g/mol. The molecule has 1 aromatic heterocycles. The summed E-state index contributed by atoms with van der Waals surface area (Å²) >= 11 is 1.36. The van der Waals surface area contributed by atoms with Crippen LogP contribution in [0.4, 0.5) is 0 Å². The predicted octanol–water partition coefficient (Wildman–Crippen LogP) is 4.42. The molecule has 3 rings (SSSR count). The zero-order chi connectivity index (χ0) is 20.8. The monoisotopic (exact) mass is 409 g/mol. The second-order valence-corrected chi connectivity index (χ2v) is 8.49. The van der Waals surface area contributed by atoms with E-state index in [1.165, 1.54) is 17.3 Å². The molecule has 0 bridgehead atoms. The van der Waals surface area contributed by atoms with Gasteiger partial charge in [0.05, 0.1) is 17.0 Å². The SMILES string of the molecule is CCCC(NC(=O)C(C)Sc1nnnn1-c1ccc(C)cc1C)c1ccccc1. The van der Waals surface area contributed by atoms with Crippen LogP contribution >= 0.6 is 11.8 Å². The highest BCUT2D eigenvalue weighted by molar-refractivity contribution is 8.00. The molecule has 152 valence electrons. The van der Waals surface area contributed by atoms with Crippen molar-refractivity contribution in [3.63, 3.8) is 0 Å². The van der Waals surface area contributed by atoms with Crippen molar-refractivity contribution in [2.75, 3.05) is 0 Å². The van der Waals surface area contributed by atoms with E-state index in [0.717, 1.165) is 29.7 Å². The van der Waals surface area contributed by atoms with Gasteiger partial charge in [-0.1, -0.05) is 73.1 Å². The molecule has 0 fully saturated rings. The molecule has 0 saturated carbocycles. The fourth-order valence-electron chi connectivity index (χ4n) is 3.24. The largest absolute Gasteiger partial charge is 0.348 e. The number of carbonyl (C=O) groups is 1. The third-order valence-corrected chi connectivity index (χ3v) is 5.80. The Hall–Kier alpha value is -2.67. The molecule has 1 amide bonds. The van der Waals surface area contributed by atoms with E-state index >= 15 is 0 Å². The van der Waals surface area contributed by atoms with Crippen LogP contribution < -0.4 is 5.32 Å². The molecule has 3 aromatic rings. The summed E-state index contributed by atoms with van der Waals surface area (Å²) in [6.45, 7) is 8.09. The lowest BCUT2D eigenvalue weighted by Gasteiger charge is -2.21. The quantitative estimate of drug-likeness (QED) is 0.558. The predicted molar refractivity (Wildman–Crippen MR) is 116 cm³/mol. The van der Waals surface area contributed by atoms with Gasteiger partial charge in [-0.05, 0) is 54.8 Å². The maximum absolute atomic E-state index is 12.9. The van der Waals surface area contributed by atoms with Crippen molar-refractivity contribution >= 4 is 17.7 Å². The molecule has 7 heteroatoms. The van der Waals surface area contributed by atoms with Crippen molar-refractivity contribution in [2.24, 2.45) is 0 Å². The molecule has 1 heterocycles. The van der Waals surface area contributed by atoms with Gasteiger partial charge in [0.1, 0.15) is 0 Å². The third-order valence-electron chi connectivity index (χ3n) is 4.77. The Bertz CT molecular complexity index is 957. The number of carbonyl (C=O) groups excluding carboxylic acids is 1. The van der Waals surface area contributed by atoms with Gasteiger partial charge in [-0.3, -0.25) is 4.79 Å². The third kappa shape index (κ3) is 5.23. The van der Waals surface area contributed by atoms with Crippen molar-refractivity contribution in [3.05, 3.63) is 65.2 Å². The molecule has 1 N–H and O–H groups in total. The topological polar surface area (TPSA) is 72.7 Å². The van der Waals surface area contributed by atoms with E-state index in [0.29, 0.717) is 5.16 Å². The van der Waals surface area contributed by atoms with E-state index in [4.69, 9.17) is 0 Å². The highest BCUT2D eigenvalue weighted by atomic mass is 32.2. The van der Waals surface area contributed by atoms with Crippen molar-refractivity contribution < 1.29 is 4.79 Å². The molecular formula is C22H27N5OS. The number of hydrogen-bond donors (Lipinski definition) is 1. The van der Waals surface area contributed by atoms with E-state index in [-0.39, 0.29) is 17.2 Å². The minimum Gasteiger partial charge on any atom is -0.348 e. The fourth-order valence-corrected chi connectivity index (χ4v) is 4.05. The highest BCUT2D eigenvalue weighted by Crippen LogP contribution is 2.26. The number of rotatable bonds is 8. The maximum Gasteiger partial charge on any atom is 0.233 e. The Morgan fingerprint density at radius 1 is 1.17 bits per heavy atom. The van der Waals surface area contributed by atoms with Crippen LogP contribution in [0.25, 0.3) is 5.69 Å². The summed E-state index contributed by atoms with van der Waals surface area (Å²) in [5.74, 6) is -0.0209. The number of tetrazole rings is 1. The first-order valence-corrected chi connectivity index (χ1v) is 10.8. The zero-order valence-corrected chi connectivity index (χ0v) is 18.1. The van der Waals surface area contributed by atoms with E-state index in [9.17, 15) is 4.79 Å². The Morgan fingerprint density at radius 3 is 2.62 bits per heavy atom. The normalized spacial score (nSPS) is 13.1. The number of benzene rings is 2. The van der Waals surface area contributed by atoms with E-state index in [2.05, 4.69) is 52.9 Å². The molecule has 0 aliphatic carbocycles. The molecule has 0 saturated heterocycles. The number of aromatic nitrogens is 4. The van der Waals surface area contributed by atoms with Crippen LogP contribution in [0.15, 0.2) is 53.7 Å². The Balaban J connectivity index is 1.72. The summed E-state index contributed by atoms with van der Waals surface area (Å²) in [5, 5.41) is 15.6. The van der Waals surface area contributed by atoms with Crippen LogP contribution in [-0.4, -0.2) is 31.4 Å². The van der Waals surface area contributed by atoms with Crippen LogP contribution in [0.2, 0.25) is 0 Å². The molecule has 2 atom stereocenters. The van der Waals surface area contributed by atoms with Crippen LogP contribution in [0.5, 0.6) is 0 Å². The fraction of sp³-hybridized carbons (Fsp3) is 0.364. The standard InChI is InChI=1S/C22H27N5OS/c1-5-9-19(18-10-7-6-8-11-18)23-21(28)17(4)29-22-24-25-26-27(22)20-13-12-15(2)14-16(20)3/h6-8,10-14,17,19H,5,9H2,1-4H3,(H,23,28). The Morgan fingerprint density at radius 2 is 1.93 bits per heavy atom. The summed E-state index contributed by atoms with van der Waals surface area (Å²) in [6.07, 6.45) is 1.89. The Labute approximate surface area is 176 Å². The first-order chi connectivity index (χ1) is 14.0. The summed E-state index contributed by atoms with van der Waals surface area (Å²) in [6, 6.07) is 16.2. The summed E-state index contributed by atoms with van der Waals surface area (Å²) in [4.78, 5) is 12.9. The highest BCUT2D eigenvalue weighted by Gasteiger charge is 2.22. The minimum absolute atomic E-state index is 0.00656. The number of nitrogens with one attached hydrogen (secondary N) is 1. The van der Waals surface area contributed by atoms with Crippen LogP contribution in [0, 0.1) is 13.8 Å². The molecule has 0 aliphatic heterocycles. The lowest BCUT2D eigenvalue weighted by Crippen LogP contribution is -2.34. The molecule has 0 aliphatic rings.